The predicted octanol–water partition coefficient (Wildman–Crippen LogP) is 0.876. The van der Waals surface area contributed by atoms with E-state index >= 15 is 0 Å². The van der Waals surface area contributed by atoms with Gasteiger partial charge >= 0.3 is 5.97 Å². The SMILES string of the molecule is CCC(C)C(=O)OC1C(=O)CCC1=O. The summed E-state index contributed by atoms with van der Waals surface area (Å²) in [6.07, 6.45) is -0.0563. The molecule has 0 N–H and O–H groups in total. The molecule has 0 aromatic heterocycles. The molecule has 1 atom stereocenters. The predicted molar refractivity (Wildman–Crippen MR) is 48.6 cm³/mol. The Bertz CT molecular complexity index is 253. The number of hydrogen-bond donors (Lipinski definition) is 0. The zero-order valence-corrected chi connectivity index (χ0v) is 8.41. The van der Waals surface area contributed by atoms with Crippen molar-refractivity contribution in [2.24, 2.45) is 5.92 Å². The van der Waals surface area contributed by atoms with Gasteiger partial charge in [0.2, 0.25) is 6.10 Å². The molecule has 4 nitrogen and oxygen atoms in total. The zero-order chi connectivity index (χ0) is 10.7. The van der Waals surface area contributed by atoms with Gasteiger partial charge in [-0.25, -0.2) is 0 Å². The fraction of sp³-hybridized carbons (Fsp3) is 0.700. The van der Waals surface area contributed by atoms with Crippen molar-refractivity contribution in [3.8, 4) is 0 Å². The minimum Gasteiger partial charge on any atom is -0.446 e. The lowest BCUT2D eigenvalue weighted by molar-refractivity contribution is -0.160. The third kappa shape index (κ3) is 2.19. The molecule has 14 heavy (non-hydrogen) atoms. The molecule has 1 aliphatic carbocycles. The Morgan fingerprint density at radius 3 is 2.36 bits per heavy atom. The average Bonchev–Trinajstić information content (AvgIpc) is 2.48. The quantitative estimate of drug-likeness (QED) is 0.499. The Morgan fingerprint density at radius 1 is 1.43 bits per heavy atom. The van der Waals surface area contributed by atoms with Crippen LogP contribution in [0.4, 0.5) is 0 Å². The molecular weight excluding hydrogens is 184 g/mol. The Kier molecular flexibility index (Phi) is 3.38. The molecule has 1 rings (SSSR count). The molecule has 1 fully saturated rings. The number of ketones is 2. The average molecular weight is 198 g/mol. The third-order valence-electron chi connectivity index (χ3n) is 2.45. The van der Waals surface area contributed by atoms with E-state index < -0.39 is 12.1 Å². The Balaban J connectivity index is 2.55. The van der Waals surface area contributed by atoms with Gasteiger partial charge in [-0.2, -0.15) is 0 Å². The number of carbonyl (C=O) groups is 3. The summed E-state index contributed by atoms with van der Waals surface area (Å²) in [5.41, 5.74) is 0. The Labute approximate surface area is 82.6 Å². The Hall–Kier alpha value is -1.19. The lowest BCUT2D eigenvalue weighted by atomic mass is 10.1. The van der Waals surface area contributed by atoms with Gasteiger partial charge in [-0.1, -0.05) is 13.8 Å². The van der Waals surface area contributed by atoms with Crippen molar-refractivity contribution in [3.63, 3.8) is 0 Å². The third-order valence-corrected chi connectivity index (χ3v) is 2.45. The molecule has 0 radical (unpaired) electrons. The lowest BCUT2D eigenvalue weighted by Crippen LogP contribution is -2.30. The summed E-state index contributed by atoms with van der Waals surface area (Å²) >= 11 is 0. The number of rotatable bonds is 3. The molecule has 0 aliphatic heterocycles. The van der Waals surface area contributed by atoms with Crippen molar-refractivity contribution in [2.45, 2.75) is 39.2 Å². The monoisotopic (exact) mass is 198 g/mol. The van der Waals surface area contributed by atoms with E-state index in [1.54, 1.807) is 6.92 Å². The molecule has 1 unspecified atom stereocenters. The summed E-state index contributed by atoms with van der Waals surface area (Å²) < 4.78 is 4.85. The highest BCUT2D eigenvalue weighted by molar-refractivity contribution is 6.12. The molecule has 1 aliphatic rings. The van der Waals surface area contributed by atoms with Gasteiger partial charge in [-0.05, 0) is 6.42 Å². The molecule has 0 spiro atoms. The van der Waals surface area contributed by atoms with Crippen molar-refractivity contribution in [2.75, 3.05) is 0 Å². The number of hydrogen-bond acceptors (Lipinski definition) is 4. The maximum atomic E-state index is 11.3. The van der Waals surface area contributed by atoms with E-state index in [0.717, 1.165) is 0 Å². The summed E-state index contributed by atoms with van der Waals surface area (Å²) in [4.78, 5) is 33.6. The van der Waals surface area contributed by atoms with Gasteiger partial charge in [0.05, 0.1) is 5.92 Å². The molecule has 4 heteroatoms. The zero-order valence-electron chi connectivity index (χ0n) is 8.41. The number of esters is 1. The van der Waals surface area contributed by atoms with Gasteiger partial charge < -0.3 is 4.74 Å². The van der Waals surface area contributed by atoms with Crippen LogP contribution < -0.4 is 0 Å². The molecule has 0 amide bonds. The van der Waals surface area contributed by atoms with Crippen LogP contribution in [0.3, 0.4) is 0 Å². The van der Waals surface area contributed by atoms with Crippen molar-refractivity contribution < 1.29 is 19.1 Å². The molecule has 0 aromatic rings. The van der Waals surface area contributed by atoms with E-state index in [1.807, 2.05) is 6.92 Å². The maximum Gasteiger partial charge on any atom is 0.309 e. The minimum atomic E-state index is -1.11. The first-order valence-electron chi connectivity index (χ1n) is 4.82. The summed E-state index contributed by atoms with van der Waals surface area (Å²) in [5.74, 6) is -1.25. The van der Waals surface area contributed by atoms with E-state index in [1.165, 1.54) is 0 Å². The van der Waals surface area contributed by atoms with Crippen LogP contribution >= 0.6 is 0 Å². The number of Topliss-reactive ketones (excluding diaryl/α,β-unsaturated/α-hetero) is 2. The fourth-order valence-corrected chi connectivity index (χ4v) is 1.22. The van der Waals surface area contributed by atoms with Crippen LogP contribution in [0.15, 0.2) is 0 Å². The van der Waals surface area contributed by atoms with E-state index in [0.29, 0.717) is 6.42 Å². The number of carbonyl (C=O) groups excluding carboxylic acids is 3. The lowest BCUT2D eigenvalue weighted by Gasteiger charge is -2.12. The van der Waals surface area contributed by atoms with Gasteiger partial charge in [-0.3, -0.25) is 14.4 Å². The second-order valence-corrected chi connectivity index (χ2v) is 3.56. The molecule has 0 heterocycles. The topological polar surface area (TPSA) is 60.4 Å². The van der Waals surface area contributed by atoms with Crippen LogP contribution in [0.5, 0.6) is 0 Å². The van der Waals surface area contributed by atoms with Gasteiger partial charge in [0, 0.05) is 12.8 Å². The highest BCUT2D eigenvalue weighted by atomic mass is 16.6. The normalized spacial score (nSPS) is 19.9. The van der Waals surface area contributed by atoms with E-state index in [-0.39, 0.29) is 30.3 Å². The first-order chi connectivity index (χ1) is 6.56. The van der Waals surface area contributed by atoms with Crippen LogP contribution in [0.1, 0.15) is 33.1 Å². The van der Waals surface area contributed by atoms with Crippen LogP contribution in [-0.4, -0.2) is 23.6 Å². The molecule has 78 valence electrons. The van der Waals surface area contributed by atoms with E-state index in [4.69, 9.17) is 4.74 Å². The standard InChI is InChI=1S/C10H14O4/c1-3-6(2)10(13)14-9-7(11)4-5-8(9)12/h6,9H,3-5H2,1-2H3. The summed E-state index contributed by atoms with van der Waals surface area (Å²) in [7, 11) is 0. The highest BCUT2D eigenvalue weighted by Crippen LogP contribution is 2.16. The van der Waals surface area contributed by atoms with Crippen LogP contribution in [-0.2, 0) is 19.1 Å². The van der Waals surface area contributed by atoms with Crippen LogP contribution in [0.2, 0.25) is 0 Å². The molecular formula is C10H14O4. The molecule has 0 saturated heterocycles. The summed E-state index contributed by atoms with van der Waals surface area (Å²) in [6.45, 7) is 3.57. The van der Waals surface area contributed by atoms with Gasteiger partial charge in [-0.15, -0.1) is 0 Å². The first-order valence-corrected chi connectivity index (χ1v) is 4.82. The molecule has 0 bridgehead atoms. The van der Waals surface area contributed by atoms with Crippen molar-refractivity contribution in [3.05, 3.63) is 0 Å². The molecule has 1 saturated carbocycles. The molecule has 0 aromatic carbocycles. The largest absolute Gasteiger partial charge is 0.446 e. The minimum absolute atomic E-state index is 0.206. The van der Waals surface area contributed by atoms with Gasteiger partial charge in [0.1, 0.15) is 0 Å². The van der Waals surface area contributed by atoms with Crippen molar-refractivity contribution in [1.29, 1.82) is 0 Å². The second kappa shape index (κ2) is 4.35. The maximum absolute atomic E-state index is 11.3. The fourth-order valence-electron chi connectivity index (χ4n) is 1.22. The van der Waals surface area contributed by atoms with Crippen LogP contribution in [0, 0.1) is 5.92 Å². The summed E-state index contributed by atoms with van der Waals surface area (Å²) in [6, 6.07) is 0. The Morgan fingerprint density at radius 2 is 1.93 bits per heavy atom. The second-order valence-electron chi connectivity index (χ2n) is 3.56. The smallest absolute Gasteiger partial charge is 0.309 e. The summed E-state index contributed by atoms with van der Waals surface area (Å²) in [5, 5.41) is 0. The van der Waals surface area contributed by atoms with Gasteiger partial charge in [0.25, 0.3) is 0 Å². The van der Waals surface area contributed by atoms with E-state index in [2.05, 4.69) is 0 Å². The highest BCUT2D eigenvalue weighted by Gasteiger charge is 2.36. The van der Waals surface area contributed by atoms with Gasteiger partial charge in [0.15, 0.2) is 11.6 Å². The number of ether oxygens (including phenoxy) is 1. The van der Waals surface area contributed by atoms with Crippen LogP contribution in [0.25, 0.3) is 0 Å². The van der Waals surface area contributed by atoms with E-state index in [9.17, 15) is 14.4 Å². The van der Waals surface area contributed by atoms with Crippen molar-refractivity contribution >= 4 is 17.5 Å². The first kappa shape index (κ1) is 10.9. The van der Waals surface area contributed by atoms with Crippen molar-refractivity contribution in [1.82, 2.24) is 0 Å².